The van der Waals surface area contributed by atoms with E-state index in [1.807, 2.05) is 0 Å². The van der Waals surface area contributed by atoms with Crippen molar-refractivity contribution in [1.82, 2.24) is 5.32 Å². The first-order valence-electron chi connectivity index (χ1n) is 7.55. The predicted molar refractivity (Wildman–Crippen MR) is 83.3 cm³/mol. The highest BCUT2D eigenvalue weighted by Crippen LogP contribution is 2.34. The lowest BCUT2D eigenvalue weighted by Crippen LogP contribution is -2.55. The zero-order valence-corrected chi connectivity index (χ0v) is 13.2. The van der Waals surface area contributed by atoms with E-state index in [2.05, 4.69) is 5.32 Å². The number of nitrogens with zero attached hydrogens (tertiary/aromatic N) is 1. The summed E-state index contributed by atoms with van der Waals surface area (Å²) >= 11 is 0. The molecular formula is C16H20N2O5. The molecule has 1 aliphatic rings. The maximum absolute atomic E-state index is 12.4. The van der Waals surface area contributed by atoms with Gasteiger partial charge in [0.1, 0.15) is 0 Å². The van der Waals surface area contributed by atoms with Crippen molar-refractivity contribution in [3.8, 4) is 0 Å². The van der Waals surface area contributed by atoms with Crippen LogP contribution in [0.1, 0.15) is 48.5 Å². The van der Waals surface area contributed by atoms with E-state index in [0.717, 1.165) is 12.8 Å². The lowest BCUT2D eigenvalue weighted by atomic mass is 9.73. The molecule has 0 radical (unpaired) electrons. The van der Waals surface area contributed by atoms with Gasteiger partial charge in [0.2, 0.25) is 0 Å². The van der Waals surface area contributed by atoms with Crippen molar-refractivity contribution < 1.29 is 19.6 Å². The molecule has 2 atom stereocenters. The molecule has 0 saturated heterocycles. The summed E-state index contributed by atoms with van der Waals surface area (Å²) < 4.78 is 0. The Morgan fingerprint density at radius 2 is 2.09 bits per heavy atom. The number of aliphatic carboxylic acids is 1. The normalized spacial score (nSPS) is 24.0. The van der Waals surface area contributed by atoms with Crippen molar-refractivity contribution >= 4 is 17.6 Å². The Bertz CT molecular complexity index is 658. The van der Waals surface area contributed by atoms with Gasteiger partial charge in [-0.1, -0.05) is 18.9 Å². The van der Waals surface area contributed by atoms with E-state index in [1.165, 1.54) is 18.2 Å². The van der Waals surface area contributed by atoms with Gasteiger partial charge in [0, 0.05) is 17.2 Å². The minimum Gasteiger partial charge on any atom is -0.481 e. The van der Waals surface area contributed by atoms with Gasteiger partial charge in [-0.25, -0.2) is 0 Å². The van der Waals surface area contributed by atoms with Gasteiger partial charge in [0.25, 0.3) is 11.6 Å². The van der Waals surface area contributed by atoms with Gasteiger partial charge in [-0.05, 0) is 32.8 Å². The van der Waals surface area contributed by atoms with Gasteiger partial charge >= 0.3 is 5.97 Å². The minimum absolute atomic E-state index is 0.124. The Kier molecular flexibility index (Phi) is 4.68. The molecular weight excluding hydrogens is 300 g/mol. The number of benzene rings is 1. The summed E-state index contributed by atoms with van der Waals surface area (Å²) in [4.78, 5) is 34.3. The van der Waals surface area contributed by atoms with Gasteiger partial charge in [-0.2, -0.15) is 0 Å². The molecule has 0 aliphatic heterocycles. The number of carboxylic acid groups (broad SMARTS) is 1. The number of hydrogen-bond donors (Lipinski definition) is 2. The molecule has 7 nitrogen and oxygen atoms in total. The quantitative estimate of drug-likeness (QED) is 0.654. The number of hydrogen-bond acceptors (Lipinski definition) is 4. The molecule has 0 bridgehead atoms. The van der Waals surface area contributed by atoms with Crippen LogP contribution in [0, 0.1) is 23.0 Å². The second kappa shape index (κ2) is 6.36. The van der Waals surface area contributed by atoms with Crippen LogP contribution in [0.4, 0.5) is 5.69 Å². The van der Waals surface area contributed by atoms with Crippen molar-refractivity contribution in [1.29, 1.82) is 0 Å². The Morgan fingerprint density at radius 3 is 2.70 bits per heavy atom. The van der Waals surface area contributed by atoms with E-state index < -0.39 is 28.3 Å². The third-order valence-electron chi connectivity index (χ3n) is 4.57. The van der Waals surface area contributed by atoms with Crippen LogP contribution >= 0.6 is 0 Å². The summed E-state index contributed by atoms with van der Waals surface area (Å²) in [5.74, 6) is -2.06. The highest BCUT2D eigenvalue weighted by molar-refractivity contribution is 5.95. The Morgan fingerprint density at radius 1 is 1.39 bits per heavy atom. The Hall–Kier alpha value is -2.44. The predicted octanol–water partition coefficient (Wildman–Crippen LogP) is 2.67. The third kappa shape index (κ3) is 3.49. The highest BCUT2D eigenvalue weighted by atomic mass is 16.6. The largest absolute Gasteiger partial charge is 0.481 e. The number of aryl methyl sites for hydroxylation is 1. The molecule has 0 spiro atoms. The van der Waals surface area contributed by atoms with Gasteiger partial charge in [-0.15, -0.1) is 0 Å². The fourth-order valence-electron chi connectivity index (χ4n) is 3.16. The molecule has 2 rings (SSSR count). The highest BCUT2D eigenvalue weighted by Gasteiger charge is 2.42. The maximum atomic E-state index is 12.4. The number of nitrogens with one attached hydrogen (secondary N) is 1. The molecule has 1 aromatic rings. The van der Waals surface area contributed by atoms with Crippen molar-refractivity contribution in [3.63, 3.8) is 0 Å². The van der Waals surface area contributed by atoms with Crippen LogP contribution in [-0.2, 0) is 4.79 Å². The second-order valence-electron chi connectivity index (χ2n) is 6.27. The van der Waals surface area contributed by atoms with Crippen LogP contribution in [0.15, 0.2) is 18.2 Å². The number of nitro benzene ring substituents is 1. The first kappa shape index (κ1) is 16.9. The lowest BCUT2D eigenvalue weighted by molar-refractivity contribution is -0.385. The van der Waals surface area contributed by atoms with E-state index >= 15 is 0 Å². The number of nitro groups is 1. The van der Waals surface area contributed by atoms with E-state index in [-0.39, 0.29) is 11.3 Å². The van der Waals surface area contributed by atoms with Crippen LogP contribution in [0.3, 0.4) is 0 Å². The monoisotopic (exact) mass is 320 g/mol. The third-order valence-corrected chi connectivity index (χ3v) is 4.57. The standard InChI is InChI=1S/C16H20N2O5/c1-10-6-7-11(9-13(10)18(22)23)14(19)17-16(2)8-4-3-5-12(16)15(20)21/h6-7,9,12H,3-5,8H2,1-2H3,(H,17,19)(H,20,21). The van der Waals surface area contributed by atoms with Gasteiger partial charge in [0.15, 0.2) is 0 Å². The topological polar surface area (TPSA) is 110 Å². The molecule has 1 amide bonds. The first-order valence-corrected chi connectivity index (χ1v) is 7.55. The number of carboxylic acids is 1. The van der Waals surface area contributed by atoms with E-state index in [4.69, 9.17) is 0 Å². The van der Waals surface area contributed by atoms with E-state index in [1.54, 1.807) is 13.8 Å². The van der Waals surface area contributed by atoms with Crippen LogP contribution in [-0.4, -0.2) is 27.4 Å². The summed E-state index contributed by atoms with van der Waals surface area (Å²) in [5, 5.41) is 23.1. The summed E-state index contributed by atoms with van der Waals surface area (Å²) in [7, 11) is 0. The van der Waals surface area contributed by atoms with Gasteiger partial charge in [0.05, 0.1) is 16.4 Å². The van der Waals surface area contributed by atoms with Crippen molar-refractivity contribution in [2.45, 2.75) is 45.1 Å². The Labute approximate surface area is 133 Å². The maximum Gasteiger partial charge on any atom is 0.308 e. The fraction of sp³-hybridized carbons (Fsp3) is 0.500. The summed E-state index contributed by atoms with van der Waals surface area (Å²) in [6, 6.07) is 4.26. The second-order valence-corrected chi connectivity index (χ2v) is 6.27. The Balaban J connectivity index is 2.25. The molecule has 1 aromatic carbocycles. The molecule has 23 heavy (non-hydrogen) atoms. The van der Waals surface area contributed by atoms with Crippen molar-refractivity contribution in [2.24, 2.45) is 5.92 Å². The van der Waals surface area contributed by atoms with E-state index in [9.17, 15) is 24.8 Å². The number of rotatable bonds is 4. The van der Waals surface area contributed by atoms with Crippen LogP contribution in [0.25, 0.3) is 0 Å². The van der Waals surface area contributed by atoms with Crippen LogP contribution in [0.5, 0.6) is 0 Å². The van der Waals surface area contributed by atoms with Gasteiger partial charge < -0.3 is 10.4 Å². The lowest BCUT2D eigenvalue weighted by Gasteiger charge is -2.39. The molecule has 124 valence electrons. The minimum atomic E-state index is -0.928. The summed E-state index contributed by atoms with van der Waals surface area (Å²) in [6.07, 6.45) is 2.75. The average molecular weight is 320 g/mol. The van der Waals surface area contributed by atoms with Crippen molar-refractivity contribution in [2.75, 3.05) is 0 Å². The van der Waals surface area contributed by atoms with Crippen molar-refractivity contribution in [3.05, 3.63) is 39.4 Å². The molecule has 7 heteroatoms. The van der Waals surface area contributed by atoms with Gasteiger partial charge in [-0.3, -0.25) is 19.7 Å². The number of carbonyl (C=O) groups excluding carboxylic acids is 1. The molecule has 1 saturated carbocycles. The zero-order valence-electron chi connectivity index (χ0n) is 13.2. The fourth-order valence-corrected chi connectivity index (χ4v) is 3.16. The van der Waals surface area contributed by atoms with Crippen LogP contribution < -0.4 is 5.32 Å². The zero-order chi connectivity index (χ0) is 17.2. The smallest absolute Gasteiger partial charge is 0.308 e. The molecule has 1 fully saturated rings. The molecule has 2 N–H and O–H groups in total. The molecule has 0 aromatic heterocycles. The molecule has 1 aliphatic carbocycles. The SMILES string of the molecule is Cc1ccc(C(=O)NC2(C)CCCCC2C(=O)O)cc1[N+](=O)[O-]. The average Bonchev–Trinajstić information content (AvgIpc) is 2.46. The molecule has 0 heterocycles. The number of carbonyl (C=O) groups is 2. The van der Waals surface area contributed by atoms with Crippen LogP contribution in [0.2, 0.25) is 0 Å². The number of amides is 1. The molecule has 2 unspecified atom stereocenters. The first-order chi connectivity index (χ1) is 10.7. The summed E-state index contributed by atoms with van der Waals surface area (Å²) in [5.41, 5.74) is -0.334. The summed E-state index contributed by atoms with van der Waals surface area (Å²) in [6.45, 7) is 3.33. The van der Waals surface area contributed by atoms with E-state index in [0.29, 0.717) is 18.4 Å².